The Morgan fingerprint density at radius 2 is 1.67 bits per heavy atom. The zero-order chi connectivity index (χ0) is 40.1. The van der Waals surface area contributed by atoms with Gasteiger partial charge in [-0.2, -0.15) is 4.98 Å². The van der Waals surface area contributed by atoms with Crippen LogP contribution in [0.3, 0.4) is 0 Å². The van der Waals surface area contributed by atoms with Gasteiger partial charge in [0.1, 0.15) is 17.6 Å². The van der Waals surface area contributed by atoms with Crippen LogP contribution in [0.5, 0.6) is 5.75 Å². The Bertz CT molecular complexity index is 2070. The Hall–Kier alpha value is -5.73. The van der Waals surface area contributed by atoms with Crippen LogP contribution in [0.2, 0.25) is 0 Å². The van der Waals surface area contributed by atoms with Crippen LogP contribution in [-0.2, 0) is 20.0 Å². The molecule has 7 rings (SSSR count). The van der Waals surface area contributed by atoms with E-state index >= 15 is 0 Å². The number of nitrogens with zero attached hydrogens (tertiary/aromatic N) is 5. The van der Waals surface area contributed by atoms with Crippen LogP contribution in [0.1, 0.15) is 62.1 Å². The molecule has 0 radical (unpaired) electrons. The second-order valence-electron chi connectivity index (χ2n) is 15.7. The summed E-state index contributed by atoms with van der Waals surface area (Å²) in [5.74, 6) is 1.79. The monoisotopic (exact) mass is 775 g/mol. The average Bonchev–Trinajstić information content (AvgIpc) is 3.21. The number of piperazine rings is 1. The molecule has 4 heterocycles. The number of hydrogen-bond donors (Lipinski definition) is 5. The number of amides is 3. The summed E-state index contributed by atoms with van der Waals surface area (Å²) >= 11 is 0. The second kappa shape index (κ2) is 17.2. The lowest BCUT2D eigenvalue weighted by Gasteiger charge is -2.38. The number of imide groups is 1. The van der Waals surface area contributed by atoms with Gasteiger partial charge in [-0.25, -0.2) is 4.98 Å². The minimum absolute atomic E-state index is 0.171. The largest absolute Gasteiger partial charge is 0.494 e. The predicted molar refractivity (Wildman–Crippen MR) is 221 cm³/mol. The Morgan fingerprint density at radius 1 is 0.930 bits per heavy atom. The number of piperidine rings is 2. The number of aromatic nitrogens is 2. The SMILES string of the molecule is COc1cc(N2CCN(C(=O)CN3CCC(c4ccc(NC5CCC(=O)NC5=O)cc4)CC3)CC2)ccc1Nc1ncc(C)c(Nc2ccccc2C(C)(C)O)n1. The van der Waals surface area contributed by atoms with Crippen LogP contribution < -0.4 is 30.9 Å². The van der Waals surface area contributed by atoms with Crippen molar-refractivity contribution in [1.29, 1.82) is 0 Å². The van der Waals surface area contributed by atoms with E-state index in [1.165, 1.54) is 5.56 Å². The van der Waals surface area contributed by atoms with Crippen molar-refractivity contribution in [2.45, 2.75) is 64.0 Å². The van der Waals surface area contributed by atoms with Gasteiger partial charge in [-0.3, -0.25) is 24.6 Å². The summed E-state index contributed by atoms with van der Waals surface area (Å²) < 4.78 is 5.79. The Morgan fingerprint density at radius 3 is 2.37 bits per heavy atom. The molecule has 5 N–H and O–H groups in total. The molecule has 3 fully saturated rings. The molecule has 1 atom stereocenters. The Kier molecular flexibility index (Phi) is 11.9. The van der Waals surface area contributed by atoms with Crippen LogP contribution in [-0.4, -0.2) is 102 Å². The topological polar surface area (TPSA) is 164 Å². The van der Waals surface area contributed by atoms with Crippen LogP contribution in [0.4, 0.5) is 34.5 Å². The molecule has 0 bridgehead atoms. The van der Waals surface area contributed by atoms with Crippen LogP contribution in [0.25, 0.3) is 0 Å². The van der Waals surface area contributed by atoms with Gasteiger partial charge in [-0.15, -0.1) is 0 Å². The first-order valence-corrected chi connectivity index (χ1v) is 19.8. The molecule has 300 valence electrons. The quantitative estimate of drug-likeness (QED) is 0.119. The highest BCUT2D eigenvalue weighted by atomic mass is 16.5. The first kappa shape index (κ1) is 39.5. The van der Waals surface area contributed by atoms with Gasteiger partial charge in [-0.1, -0.05) is 30.3 Å². The van der Waals surface area contributed by atoms with Gasteiger partial charge in [0.25, 0.3) is 0 Å². The van der Waals surface area contributed by atoms with Crippen molar-refractivity contribution in [3.8, 4) is 5.75 Å². The molecule has 3 aliphatic heterocycles. The minimum atomic E-state index is -1.03. The maximum atomic E-state index is 13.4. The van der Waals surface area contributed by atoms with E-state index in [1.54, 1.807) is 27.2 Å². The summed E-state index contributed by atoms with van der Waals surface area (Å²) in [6.07, 6.45) is 4.56. The molecule has 57 heavy (non-hydrogen) atoms. The van der Waals surface area contributed by atoms with Crippen molar-refractivity contribution in [2.75, 3.05) is 73.8 Å². The Labute approximate surface area is 334 Å². The van der Waals surface area contributed by atoms with Crippen LogP contribution >= 0.6 is 0 Å². The number of hydrogen-bond acceptors (Lipinski definition) is 12. The highest BCUT2D eigenvalue weighted by Gasteiger charge is 2.28. The lowest BCUT2D eigenvalue weighted by molar-refractivity contribution is -0.134. The number of carbonyl (C=O) groups is 3. The molecule has 4 aromatic rings. The van der Waals surface area contributed by atoms with E-state index in [-0.39, 0.29) is 17.7 Å². The number of carbonyl (C=O) groups excluding carboxylic acids is 3. The molecule has 0 aliphatic carbocycles. The number of benzene rings is 3. The van der Waals surface area contributed by atoms with Crippen LogP contribution in [0, 0.1) is 6.92 Å². The number of anilines is 6. The third kappa shape index (κ3) is 9.63. The van der Waals surface area contributed by atoms with E-state index in [0.717, 1.165) is 72.9 Å². The molecule has 0 saturated carbocycles. The molecule has 1 aromatic heterocycles. The number of rotatable bonds is 12. The smallest absolute Gasteiger partial charge is 0.249 e. The molecule has 1 unspecified atom stereocenters. The van der Waals surface area contributed by atoms with Gasteiger partial charge in [0.15, 0.2) is 0 Å². The number of nitrogens with one attached hydrogen (secondary N) is 4. The third-order valence-corrected chi connectivity index (χ3v) is 11.1. The number of likely N-dealkylation sites (tertiary alicyclic amines) is 1. The minimum Gasteiger partial charge on any atom is -0.494 e. The molecule has 3 saturated heterocycles. The standard InChI is InChI=1S/C43H53N9O5/c1-28-26-44-42(49-40(28)46-34-8-6-5-7-33(34)43(2,3)56)47-35-14-13-32(25-37(35)57-4)51-21-23-52(24-22-51)39(54)27-50-19-17-30(18-20-50)29-9-11-31(12-10-29)45-36-15-16-38(53)48-41(36)55/h5-14,25-26,30,36,45,56H,15-24,27H2,1-4H3,(H,48,53,55)(H2,44,46,47,49). The molecule has 14 heteroatoms. The van der Waals surface area contributed by atoms with Crippen molar-refractivity contribution in [1.82, 2.24) is 25.1 Å². The van der Waals surface area contributed by atoms with Gasteiger partial charge < -0.3 is 35.6 Å². The Balaban J connectivity index is 0.879. The second-order valence-corrected chi connectivity index (χ2v) is 15.7. The number of methoxy groups -OCH3 is 1. The van der Waals surface area contributed by atoms with Crippen molar-refractivity contribution in [3.05, 3.63) is 89.6 Å². The first-order valence-electron chi connectivity index (χ1n) is 19.8. The zero-order valence-electron chi connectivity index (χ0n) is 33.2. The van der Waals surface area contributed by atoms with Crippen LogP contribution in [0.15, 0.2) is 72.9 Å². The van der Waals surface area contributed by atoms with Gasteiger partial charge in [0.2, 0.25) is 23.7 Å². The lowest BCUT2D eigenvalue weighted by Crippen LogP contribution is -2.51. The zero-order valence-corrected chi connectivity index (χ0v) is 33.2. The average molecular weight is 776 g/mol. The summed E-state index contributed by atoms with van der Waals surface area (Å²) in [6, 6.07) is 21.5. The van der Waals surface area contributed by atoms with Crippen molar-refractivity contribution < 1.29 is 24.2 Å². The molecular weight excluding hydrogens is 723 g/mol. The van der Waals surface area contributed by atoms with E-state index in [2.05, 4.69) is 48.2 Å². The van der Waals surface area contributed by atoms with E-state index in [4.69, 9.17) is 9.72 Å². The lowest BCUT2D eigenvalue weighted by atomic mass is 9.89. The van der Waals surface area contributed by atoms with E-state index in [0.29, 0.717) is 55.9 Å². The highest BCUT2D eigenvalue weighted by Crippen LogP contribution is 2.34. The molecule has 0 spiro atoms. The molecule has 3 amide bonds. The highest BCUT2D eigenvalue weighted by molar-refractivity contribution is 6.01. The number of ether oxygens (including phenoxy) is 1. The van der Waals surface area contributed by atoms with Gasteiger partial charge in [0, 0.05) is 73.1 Å². The fourth-order valence-electron chi connectivity index (χ4n) is 7.80. The summed E-state index contributed by atoms with van der Waals surface area (Å²) in [4.78, 5) is 52.7. The first-order chi connectivity index (χ1) is 27.4. The third-order valence-electron chi connectivity index (χ3n) is 11.1. The van der Waals surface area contributed by atoms with Crippen molar-refractivity contribution in [3.63, 3.8) is 0 Å². The van der Waals surface area contributed by atoms with Crippen molar-refractivity contribution >= 4 is 52.2 Å². The maximum absolute atomic E-state index is 13.4. The normalized spacial score (nSPS) is 18.2. The predicted octanol–water partition coefficient (Wildman–Crippen LogP) is 5.25. The fraction of sp³-hybridized carbons (Fsp3) is 0.419. The maximum Gasteiger partial charge on any atom is 0.249 e. The molecule has 3 aromatic carbocycles. The molecule has 14 nitrogen and oxygen atoms in total. The number of para-hydroxylation sites is 1. The summed E-state index contributed by atoms with van der Waals surface area (Å²) in [5.41, 5.74) is 5.24. The number of aliphatic hydroxyl groups is 1. The van der Waals surface area contributed by atoms with Gasteiger partial charge in [-0.05, 0) is 94.9 Å². The summed E-state index contributed by atoms with van der Waals surface area (Å²) in [6.45, 7) is 10.4. The van der Waals surface area contributed by atoms with E-state index < -0.39 is 11.6 Å². The molecule has 3 aliphatic rings. The molecular formula is C43H53N9O5. The fourth-order valence-corrected chi connectivity index (χ4v) is 7.80. The summed E-state index contributed by atoms with van der Waals surface area (Å²) in [7, 11) is 1.64. The van der Waals surface area contributed by atoms with Gasteiger partial charge >= 0.3 is 0 Å². The number of aryl methyl sites for hydroxylation is 1. The van der Waals surface area contributed by atoms with E-state index in [1.807, 2.05) is 66.4 Å². The van der Waals surface area contributed by atoms with Gasteiger partial charge in [0.05, 0.1) is 24.9 Å². The van der Waals surface area contributed by atoms with Crippen molar-refractivity contribution in [2.24, 2.45) is 0 Å². The summed E-state index contributed by atoms with van der Waals surface area (Å²) in [5, 5.41) is 23.0. The van der Waals surface area contributed by atoms with E-state index in [9.17, 15) is 19.5 Å².